The maximum absolute atomic E-state index is 3.56. The Morgan fingerprint density at radius 1 is 0.550 bits per heavy atom. The van der Waals surface area contributed by atoms with Gasteiger partial charge in [0.05, 0.1) is 0 Å². The van der Waals surface area contributed by atoms with E-state index >= 15 is 0 Å². The fourth-order valence-electron chi connectivity index (χ4n) is 2.30. The normalized spacial score (nSPS) is 14.4. The van der Waals surface area contributed by atoms with Crippen molar-refractivity contribution in [2.75, 3.05) is 13.1 Å². The lowest BCUT2D eigenvalue weighted by Crippen LogP contribution is -2.26. The minimum absolute atomic E-state index is 0.694. The second-order valence-electron chi connectivity index (χ2n) is 6.36. The minimum Gasteiger partial charge on any atom is -0.314 e. The molecule has 2 heteroatoms. The lowest BCUT2D eigenvalue weighted by Gasteiger charge is -2.11. The molecule has 0 spiro atoms. The summed E-state index contributed by atoms with van der Waals surface area (Å²) in [6, 6.07) is 1.39. The van der Waals surface area contributed by atoms with Gasteiger partial charge < -0.3 is 10.6 Å². The molecule has 0 aliphatic heterocycles. The molecule has 0 heterocycles. The highest BCUT2D eigenvalue weighted by Gasteiger charge is 1.97. The minimum atomic E-state index is 0.694. The third-order valence-corrected chi connectivity index (χ3v) is 4.31. The second kappa shape index (κ2) is 15.3. The van der Waals surface area contributed by atoms with Crippen molar-refractivity contribution < 1.29 is 0 Å². The predicted octanol–water partition coefficient (Wildman–Crippen LogP) is 4.88. The zero-order valence-corrected chi connectivity index (χ0v) is 14.6. The van der Waals surface area contributed by atoms with Gasteiger partial charge in [-0.05, 0) is 52.6 Å². The molecule has 0 fully saturated rings. The van der Waals surface area contributed by atoms with Gasteiger partial charge in [-0.2, -0.15) is 0 Å². The monoisotopic (exact) mass is 284 g/mol. The van der Waals surface area contributed by atoms with Crippen molar-refractivity contribution in [3.63, 3.8) is 0 Å². The average Bonchev–Trinajstić information content (AvgIpc) is 2.47. The molecule has 0 bridgehead atoms. The van der Waals surface area contributed by atoms with E-state index in [9.17, 15) is 0 Å². The van der Waals surface area contributed by atoms with Crippen LogP contribution in [0.3, 0.4) is 0 Å². The molecule has 0 aromatic heterocycles. The third-order valence-electron chi connectivity index (χ3n) is 4.31. The summed E-state index contributed by atoms with van der Waals surface area (Å²) >= 11 is 0. The van der Waals surface area contributed by atoms with Gasteiger partial charge in [-0.1, -0.05) is 52.4 Å². The fourth-order valence-corrected chi connectivity index (χ4v) is 2.30. The first-order chi connectivity index (χ1) is 9.70. The second-order valence-corrected chi connectivity index (χ2v) is 6.36. The van der Waals surface area contributed by atoms with Crippen LogP contribution < -0.4 is 10.6 Å². The van der Waals surface area contributed by atoms with Crippen molar-refractivity contribution in [2.24, 2.45) is 0 Å². The van der Waals surface area contributed by atoms with E-state index in [1.54, 1.807) is 0 Å². The smallest absolute Gasteiger partial charge is 0.00360 e. The van der Waals surface area contributed by atoms with E-state index in [1.165, 1.54) is 77.3 Å². The Kier molecular flexibility index (Phi) is 15.3. The first kappa shape index (κ1) is 19.9. The first-order valence-corrected chi connectivity index (χ1v) is 9.17. The van der Waals surface area contributed by atoms with E-state index < -0.39 is 0 Å². The molecule has 0 aromatic rings. The van der Waals surface area contributed by atoms with Crippen LogP contribution in [0.25, 0.3) is 0 Å². The molecule has 2 unspecified atom stereocenters. The highest BCUT2D eigenvalue weighted by atomic mass is 14.9. The van der Waals surface area contributed by atoms with Crippen molar-refractivity contribution in [3.05, 3.63) is 0 Å². The summed E-state index contributed by atoms with van der Waals surface area (Å²) < 4.78 is 0. The van der Waals surface area contributed by atoms with Crippen LogP contribution in [0.1, 0.15) is 91.9 Å². The van der Waals surface area contributed by atoms with E-state index in [1.807, 2.05) is 0 Å². The summed E-state index contributed by atoms with van der Waals surface area (Å²) in [5.74, 6) is 0. The Morgan fingerprint density at radius 2 is 0.850 bits per heavy atom. The average molecular weight is 285 g/mol. The van der Waals surface area contributed by atoms with Crippen molar-refractivity contribution >= 4 is 0 Å². The fraction of sp³-hybridized carbons (Fsp3) is 1.00. The molecule has 0 radical (unpaired) electrons. The zero-order chi connectivity index (χ0) is 15.1. The van der Waals surface area contributed by atoms with Crippen LogP contribution in [0.2, 0.25) is 0 Å². The van der Waals surface area contributed by atoms with Gasteiger partial charge in [0.2, 0.25) is 0 Å². The number of rotatable bonds is 15. The summed E-state index contributed by atoms with van der Waals surface area (Å²) in [4.78, 5) is 0. The Bertz CT molecular complexity index is 162. The molecule has 20 heavy (non-hydrogen) atoms. The Morgan fingerprint density at radius 3 is 1.15 bits per heavy atom. The highest BCUT2D eigenvalue weighted by molar-refractivity contribution is 4.58. The van der Waals surface area contributed by atoms with Crippen molar-refractivity contribution in [1.29, 1.82) is 0 Å². The van der Waals surface area contributed by atoms with Crippen molar-refractivity contribution in [2.45, 2.75) is 104 Å². The SMILES string of the molecule is CCC(C)NCCCCCCCCCCNC(C)CC. The Labute approximate surface area is 128 Å². The highest BCUT2D eigenvalue weighted by Crippen LogP contribution is 2.08. The zero-order valence-electron chi connectivity index (χ0n) is 14.6. The molecular weight excluding hydrogens is 244 g/mol. The number of hydrogen-bond acceptors (Lipinski definition) is 2. The van der Waals surface area contributed by atoms with Crippen LogP contribution in [0.5, 0.6) is 0 Å². The third kappa shape index (κ3) is 14.3. The number of hydrogen-bond donors (Lipinski definition) is 2. The van der Waals surface area contributed by atoms with Crippen LogP contribution in [0.4, 0.5) is 0 Å². The molecular formula is C18H40N2. The summed E-state index contributed by atoms with van der Waals surface area (Å²) in [7, 11) is 0. The van der Waals surface area contributed by atoms with Gasteiger partial charge in [-0.25, -0.2) is 0 Å². The van der Waals surface area contributed by atoms with E-state index in [4.69, 9.17) is 0 Å². The van der Waals surface area contributed by atoms with Gasteiger partial charge in [-0.15, -0.1) is 0 Å². The van der Waals surface area contributed by atoms with Gasteiger partial charge >= 0.3 is 0 Å². The topological polar surface area (TPSA) is 24.1 Å². The molecule has 2 nitrogen and oxygen atoms in total. The molecule has 0 amide bonds. The maximum atomic E-state index is 3.56. The van der Waals surface area contributed by atoms with Gasteiger partial charge in [0.1, 0.15) is 0 Å². The summed E-state index contributed by atoms with van der Waals surface area (Å²) in [6.45, 7) is 11.4. The summed E-state index contributed by atoms with van der Waals surface area (Å²) in [5, 5.41) is 7.13. The molecule has 2 N–H and O–H groups in total. The van der Waals surface area contributed by atoms with Crippen LogP contribution in [-0.4, -0.2) is 25.2 Å². The van der Waals surface area contributed by atoms with Gasteiger partial charge in [0, 0.05) is 12.1 Å². The van der Waals surface area contributed by atoms with Crippen LogP contribution in [0.15, 0.2) is 0 Å². The Balaban J connectivity index is 3.03. The van der Waals surface area contributed by atoms with E-state index in [0.717, 1.165) is 0 Å². The Hall–Kier alpha value is -0.0800. The van der Waals surface area contributed by atoms with E-state index in [0.29, 0.717) is 12.1 Å². The molecule has 0 saturated heterocycles. The molecule has 0 saturated carbocycles. The van der Waals surface area contributed by atoms with Crippen LogP contribution >= 0.6 is 0 Å². The molecule has 0 aromatic carbocycles. The summed E-state index contributed by atoms with van der Waals surface area (Å²) in [5.41, 5.74) is 0. The maximum Gasteiger partial charge on any atom is 0.00360 e. The molecule has 2 atom stereocenters. The predicted molar refractivity (Wildman–Crippen MR) is 92.4 cm³/mol. The van der Waals surface area contributed by atoms with Gasteiger partial charge in [-0.3, -0.25) is 0 Å². The van der Waals surface area contributed by atoms with Crippen molar-refractivity contribution in [1.82, 2.24) is 10.6 Å². The van der Waals surface area contributed by atoms with Gasteiger partial charge in [0.15, 0.2) is 0 Å². The number of nitrogens with one attached hydrogen (secondary N) is 2. The van der Waals surface area contributed by atoms with Crippen LogP contribution in [0, 0.1) is 0 Å². The molecule has 122 valence electrons. The standard InChI is InChI=1S/C18H40N2/c1-5-17(3)19-15-13-11-9-7-8-10-12-14-16-20-18(4)6-2/h17-20H,5-16H2,1-4H3. The van der Waals surface area contributed by atoms with Crippen molar-refractivity contribution in [3.8, 4) is 0 Å². The van der Waals surface area contributed by atoms with E-state index in [2.05, 4.69) is 38.3 Å². The first-order valence-electron chi connectivity index (χ1n) is 9.17. The molecule has 0 aliphatic rings. The molecule has 0 rings (SSSR count). The quantitative estimate of drug-likeness (QED) is 0.419. The lowest BCUT2D eigenvalue weighted by atomic mass is 10.1. The van der Waals surface area contributed by atoms with Gasteiger partial charge in [0.25, 0.3) is 0 Å². The largest absolute Gasteiger partial charge is 0.314 e. The lowest BCUT2D eigenvalue weighted by molar-refractivity contribution is 0.491. The summed E-state index contributed by atoms with van der Waals surface area (Å²) in [6.07, 6.45) is 13.7. The van der Waals surface area contributed by atoms with Crippen LogP contribution in [-0.2, 0) is 0 Å². The number of unbranched alkanes of at least 4 members (excludes halogenated alkanes) is 7. The molecule has 0 aliphatic carbocycles. The van der Waals surface area contributed by atoms with E-state index in [-0.39, 0.29) is 0 Å².